The average molecular weight is 280 g/mol. The predicted molar refractivity (Wildman–Crippen MR) is 41.7 cm³/mol. The summed E-state index contributed by atoms with van der Waals surface area (Å²) < 4.78 is 0. The first-order valence-electron chi connectivity index (χ1n) is 3.65. The van der Waals surface area contributed by atoms with Crippen molar-refractivity contribution in [3.63, 3.8) is 0 Å². The number of carbonyl (C=O) groups is 3. The molecule has 0 aromatic heterocycles. The number of Topliss-reactive ketones (excluding diaryl/α,β-unsaturated/α-hetero) is 2. The van der Waals surface area contributed by atoms with Crippen LogP contribution in [0, 0.1) is 11.8 Å². The van der Waals surface area contributed by atoms with E-state index >= 15 is 0 Å². The second kappa shape index (κ2) is 6.07. The van der Waals surface area contributed by atoms with Crippen LogP contribution in [0.1, 0.15) is 20.8 Å². The third-order valence-electron chi connectivity index (χ3n) is 1.51. The number of aliphatic carboxylic acids is 1. The Kier molecular flexibility index (Phi) is 7.03. The summed E-state index contributed by atoms with van der Waals surface area (Å²) >= 11 is 0. The number of hydrogen-bond donors (Lipinski definition) is 1. The summed E-state index contributed by atoms with van der Waals surface area (Å²) in [6, 6.07) is 0. The van der Waals surface area contributed by atoms with Crippen molar-refractivity contribution in [1.82, 2.24) is 0 Å². The van der Waals surface area contributed by atoms with Crippen molar-refractivity contribution in [3.8, 4) is 0 Å². The van der Waals surface area contributed by atoms with Gasteiger partial charge in [-0.25, -0.2) is 0 Å². The summed E-state index contributed by atoms with van der Waals surface area (Å²) in [6.45, 7) is 4.25. The minimum absolute atomic E-state index is 0. The maximum Gasteiger partial charge on any atom is 0.321 e. The molecule has 0 saturated carbocycles. The van der Waals surface area contributed by atoms with Crippen molar-refractivity contribution < 1.29 is 41.9 Å². The molecule has 0 fully saturated rings. The van der Waals surface area contributed by atoms with Gasteiger partial charge in [0.1, 0.15) is 0 Å². The van der Waals surface area contributed by atoms with Crippen LogP contribution in [0.2, 0.25) is 0 Å². The van der Waals surface area contributed by atoms with Crippen LogP contribution in [0.3, 0.4) is 0 Å². The van der Waals surface area contributed by atoms with Gasteiger partial charge in [-0.05, 0) is 6.92 Å². The molecule has 1 radical (unpaired) electrons. The Hall–Kier alpha value is -0.450. The third-order valence-corrected chi connectivity index (χ3v) is 1.51. The monoisotopic (exact) mass is 279 g/mol. The molecule has 1 N–H and O–H groups in total. The van der Waals surface area contributed by atoms with Gasteiger partial charge in [0.25, 0.3) is 0 Å². The van der Waals surface area contributed by atoms with Crippen molar-refractivity contribution >= 4 is 17.5 Å². The Morgan fingerprint density at radius 2 is 1.54 bits per heavy atom. The predicted octanol–water partition coefficient (Wildman–Crippen LogP) is 0.499. The van der Waals surface area contributed by atoms with Crippen molar-refractivity contribution in [2.45, 2.75) is 20.8 Å². The van der Waals surface area contributed by atoms with Crippen LogP contribution in [-0.4, -0.2) is 22.6 Å². The molecule has 5 heteroatoms. The summed E-state index contributed by atoms with van der Waals surface area (Å²) in [6.07, 6.45) is 0. The topological polar surface area (TPSA) is 71.4 Å². The quantitative estimate of drug-likeness (QED) is 0.601. The van der Waals surface area contributed by atoms with Crippen LogP contribution in [0.4, 0.5) is 0 Å². The summed E-state index contributed by atoms with van der Waals surface area (Å²) in [5.41, 5.74) is 0. The summed E-state index contributed by atoms with van der Waals surface area (Å²) in [4.78, 5) is 32.3. The standard InChI is InChI=1S/C8H12O4.Ag/c1-4(2)7(10)6(5(3)9)8(11)12;/h4,6H,1-3H3,(H,11,12);. The SMILES string of the molecule is CC(=O)C(C(=O)O)C(=O)C(C)C.[Ag]. The van der Waals surface area contributed by atoms with Gasteiger partial charge in [-0.15, -0.1) is 0 Å². The van der Waals surface area contributed by atoms with Crippen molar-refractivity contribution in [2.24, 2.45) is 11.8 Å². The molecule has 0 aliphatic carbocycles. The molecule has 0 saturated heterocycles. The molecular formula is C8H12AgO4. The molecule has 0 heterocycles. The number of carbonyl (C=O) groups excluding carboxylic acids is 2. The van der Waals surface area contributed by atoms with E-state index in [1.807, 2.05) is 0 Å². The molecule has 0 aromatic carbocycles. The molecule has 79 valence electrons. The fraction of sp³-hybridized carbons (Fsp3) is 0.625. The number of carboxylic acids is 1. The van der Waals surface area contributed by atoms with E-state index < -0.39 is 29.4 Å². The van der Waals surface area contributed by atoms with Crippen LogP contribution in [-0.2, 0) is 36.8 Å². The van der Waals surface area contributed by atoms with Gasteiger partial charge in [-0.3, -0.25) is 14.4 Å². The Morgan fingerprint density at radius 3 is 1.62 bits per heavy atom. The molecule has 0 bridgehead atoms. The zero-order chi connectivity index (χ0) is 9.89. The average Bonchev–Trinajstić information content (AvgIpc) is 1.85. The minimum Gasteiger partial charge on any atom is -0.480 e. The van der Waals surface area contributed by atoms with E-state index in [0.29, 0.717) is 0 Å². The Balaban J connectivity index is 0. The molecule has 1 unspecified atom stereocenters. The summed E-state index contributed by atoms with van der Waals surface area (Å²) in [5, 5.41) is 8.52. The number of ketones is 2. The second-order valence-electron chi connectivity index (χ2n) is 2.94. The van der Waals surface area contributed by atoms with E-state index in [1.165, 1.54) is 0 Å². The molecule has 1 atom stereocenters. The first kappa shape index (κ1) is 15.0. The fourth-order valence-electron chi connectivity index (χ4n) is 0.829. The van der Waals surface area contributed by atoms with Gasteiger partial charge >= 0.3 is 5.97 Å². The largest absolute Gasteiger partial charge is 0.480 e. The van der Waals surface area contributed by atoms with Crippen LogP contribution in [0.5, 0.6) is 0 Å². The van der Waals surface area contributed by atoms with Crippen LogP contribution in [0.15, 0.2) is 0 Å². The number of carboxylic acid groups (broad SMARTS) is 1. The van der Waals surface area contributed by atoms with Crippen molar-refractivity contribution in [1.29, 1.82) is 0 Å². The summed E-state index contributed by atoms with van der Waals surface area (Å²) in [7, 11) is 0. The van der Waals surface area contributed by atoms with Gasteiger partial charge in [0.05, 0.1) is 0 Å². The molecule has 0 aliphatic heterocycles. The number of hydrogen-bond acceptors (Lipinski definition) is 3. The van der Waals surface area contributed by atoms with E-state index in [0.717, 1.165) is 6.92 Å². The van der Waals surface area contributed by atoms with Crippen LogP contribution < -0.4 is 0 Å². The first-order chi connectivity index (χ1) is 5.37. The molecule has 0 spiro atoms. The minimum atomic E-state index is -1.48. The molecule has 0 aliphatic rings. The normalized spacial score (nSPS) is 11.7. The van der Waals surface area contributed by atoms with E-state index in [2.05, 4.69) is 0 Å². The molecule has 0 rings (SSSR count). The van der Waals surface area contributed by atoms with Crippen molar-refractivity contribution in [2.75, 3.05) is 0 Å². The van der Waals surface area contributed by atoms with Gasteiger partial charge in [0.2, 0.25) is 0 Å². The van der Waals surface area contributed by atoms with E-state index in [1.54, 1.807) is 13.8 Å². The Bertz CT molecular complexity index is 208. The molecular weight excluding hydrogens is 268 g/mol. The Morgan fingerprint density at radius 1 is 1.15 bits per heavy atom. The zero-order valence-electron chi connectivity index (χ0n) is 7.63. The van der Waals surface area contributed by atoms with Gasteiger partial charge in [-0.2, -0.15) is 0 Å². The second-order valence-corrected chi connectivity index (χ2v) is 2.94. The zero-order valence-corrected chi connectivity index (χ0v) is 9.11. The van der Waals surface area contributed by atoms with E-state index in [9.17, 15) is 14.4 Å². The van der Waals surface area contributed by atoms with Crippen LogP contribution >= 0.6 is 0 Å². The first-order valence-corrected chi connectivity index (χ1v) is 3.65. The van der Waals surface area contributed by atoms with Crippen molar-refractivity contribution in [3.05, 3.63) is 0 Å². The van der Waals surface area contributed by atoms with Gasteiger partial charge in [0, 0.05) is 28.3 Å². The molecule has 13 heavy (non-hydrogen) atoms. The maximum atomic E-state index is 11.1. The summed E-state index contributed by atoms with van der Waals surface area (Å²) in [5.74, 6) is -4.41. The van der Waals surface area contributed by atoms with Crippen LogP contribution in [0.25, 0.3) is 0 Å². The molecule has 4 nitrogen and oxygen atoms in total. The smallest absolute Gasteiger partial charge is 0.321 e. The van der Waals surface area contributed by atoms with E-state index in [4.69, 9.17) is 5.11 Å². The maximum absolute atomic E-state index is 11.1. The molecule has 0 amide bonds. The third kappa shape index (κ3) is 4.36. The fourth-order valence-corrected chi connectivity index (χ4v) is 0.829. The Labute approximate surface area is 92.2 Å². The van der Waals surface area contributed by atoms with Gasteiger partial charge in [0.15, 0.2) is 17.5 Å². The molecule has 0 aromatic rings. The number of rotatable bonds is 4. The van der Waals surface area contributed by atoms with Gasteiger partial charge in [-0.1, -0.05) is 13.8 Å². The van der Waals surface area contributed by atoms with Gasteiger partial charge < -0.3 is 5.11 Å². The van der Waals surface area contributed by atoms with E-state index in [-0.39, 0.29) is 22.4 Å².